The van der Waals surface area contributed by atoms with Gasteiger partial charge in [0.15, 0.2) is 0 Å². The minimum absolute atomic E-state index is 0. The van der Waals surface area contributed by atoms with Crippen LogP contribution in [0.25, 0.3) is 10.8 Å². The van der Waals surface area contributed by atoms with Crippen molar-refractivity contribution >= 4 is 103 Å². The molecular weight excluding hydrogens is 404 g/mol. The molecule has 0 aliphatic carbocycles. The second-order valence-corrected chi connectivity index (χ2v) is 6.77. The van der Waals surface area contributed by atoms with Gasteiger partial charge < -0.3 is 10.8 Å². The fourth-order valence-electron chi connectivity index (χ4n) is 2.43. The smallest absolute Gasteiger partial charge is 0.335 e. The van der Waals surface area contributed by atoms with Gasteiger partial charge in [-0.15, -0.1) is 5.11 Å². The molecule has 0 atom stereocenters. The van der Waals surface area contributed by atoms with Crippen LogP contribution in [0.2, 0.25) is 0 Å². The van der Waals surface area contributed by atoms with Crippen LogP contribution in [0, 0.1) is 0 Å². The summed E-state index contributed by atoms with van der Waals surface area (Å²) in [6, 6.07) is 13.2. The maximum absolute atomic E-state index is 11.7. The summed E-state index contributed by atoms with van der Waals surface area (Å²) in [6.45, 7) is 0. The first-order valence-corrected chi connectivity index (χ1v) is 8.75. The summed E-state index contributed by atoms with van der Waals surface area (Å²) < 4.78 is 32.8. The molecule has 2 radical (unpaired) electrons. The SMILES string of the molecule is Nc1c(N=Nc2ccc(C(=O)O)cc2)cc(S(=O)(=O)O)c2ccccc12.[Na].[Na]. The molecule has 0 saturated carbocycles. The van der Waals surface area contributed by atoms with Crippen molar-refractivity contribution in [1.82, 2.24) is 0 Å². The number of nitrogens with zero attached hydrogens (tertiary/aromatic N) is 2. The van der Waals surface area contributed by atoms with Crippen LogP contribution < -0.4 is 5.73 Å². The quantitative estimate of drug-likeness (QED) is 0.258. The number of carboxylic acid groups (broad SMARTS) is 1. The van der Waals surface area contributed by atoms with Crippen LogP contribution in [0.15, 0.2) is 69.7 Å². The van der Waals surface area contributed by atoms with E-state index in [0.717, 1.165) is 6.07 Å². The molecular formula is C17H13N3Na2O5S. The van der Waals surface area contributed by atoms with Crippen LogP contribution in [-0.2, 0) is 10.1 Å². The standard InChI is InChI=1S/C17H13N3O5S.2Na/c18-16-13-4-2-1-3-12(13)15(26(23,24)25)9-14(16)20-19-11-7-5-10(6-8-11)17(21)22;;/h1-9H,18H2,(H,21,22)(H,23,24,25);;. The fraction of sp³-hybridized carbons (Fsp3) is 0. The minimum atomic E-state index is -4.49. The maximum atomic E-state index is 11.7. The summed E-state index contributed by atoms with van der Waals surface area (Å²) >= 11 is 0. The van der Waals surface area contributed by atoms with Gasteiger partial charge in [0.2, 0.25) is 0 Å². The Balaban J connectivity index is 0.00000196. The van der Waals surface area contributed by atoms with E-state index in [4.69, 9.17) is 10.8 Å². The Kier molecular flexibility index (Phi) is 8.79. The Morgan fingerprint density at radius 3 is 2.04 bits per heavy atom. The zero-order valence-electron chi connectivity index (χ0n) is 15.2. The molecule has 3 aromatic rings. The molecule has 3 rings (SSSR count). The van der Waals surface area contributed by atoms with E-state index in [9.17, 15) is 17.8 Å². The van der Waals surface area contributed by atoms with E-state index in [1.54, 1.807) is 18.2 Å². The number of nitrogens with two attached hydrogens (primary N) is 1. The predicted octanol–water partition coefficient (Wildman–Crippen LogP) is 3.02. The van der Waals surface area contributed by atoms with Crippen molar-refractivity contribution in [2.75, 3.05) is 5.73 Å². The second-order valence-electron chi connectivity index (χ2n) is 5.38. The van der Waals surface area contributed by atoms with Gasteiger partial charge in [0.05, 0.1) is 16.9 Å². The number of nitrogen functional groups attached to an aromatic ring is 1. The van der Waals surface area contributed by atoms with Crippen molar-refractivity contribution in [3.8, 4) is 0 Å². The van der Waals surface area contributed by atoms with Crippen molar-refractivity contribution in [2.24, 2.45) is 10.2 Å². The molecule has 0 aliphatic heterocycles. The Bertz CT molecular complexity index is 1150. The first kappa shape index (κ1) is 24.7. The van der Waals surface area contributed by atoms with Crippen LogP contribution in [0.5, 0.6) is 0 Å². The monoisotopic (exact) mass is 417 g/mol. The van der Waals surface area contributed by atoms with Crippen molar-refractivity contribution in [3.63, 3.8) is 0 Å². The van der Waals surface area contributed by atoms with Crippen molar-refractivity contribution in [3.05, 3.63) is 60.2 Å². The molecule has 0 bridgehead atoms. The van der Waals surface area contributed by atoms with Crippen LogP contribution in [0.4, 0.5) is 17.1 Å². The average Bonchev–Trinajstić information content (AvgIpc) is 2.60. The van der Waals surface area contributed by atoms with E-state index in [1.165, 1.54) is 30.3 Å². The largest absolute Gasteiger partial charge is 0.478 e. The summed E-state index contributed by atoms with van der Waals surface area (Å²) in [6.07, 6.45) is 0. The number of benzene rings is 3. The number of azo groups is 1. The van der Waals surface area contributed by atoms with E-state index in [2.05, 4.69) is 10.2 Å². The molecule has 3 aromatic carbocycles. The summed E-state index contributed by atoms with van der Waals surface area (Å²) in [5.41, 5.74) is 6.78. The molecule has 4 N–H and O–H groups in total. The van der Waals surface area contributed by atoms with Gasteiger partial charge in [0.25, 0.3) is 10.1 Å². The van der Waals surface area contributed by atoms with Gasteiger partial charge in [-0.2, -0.15) is 13.5 Å². The topological polar surface area (TPSA) is 142 Å². The Morgan fingerprint density at radius 1 is 0.929 bits per heavy atom. The number of anilines is 1. The summed E-state index contributed by atoms with van der Waals surface area (Å²) in [5, 5.41) is 17.5. The van der Waals surface area contributed by atoms with Gasteiger partial charge in [-0.1, -0.05) is 24.3 Å². The summed E-state index contributed by atoms with van der Waals surface area (Å²) in [4.78, 5) is 10.5. The van der Waals surface area contributed by atoms with Crippen molar-refractivity contribution in [2.45, 2.75) is 4.90 Å². The van der Waals surface area contributed by atoms with Gasteiger partial charge in [-0.05, 0) is 30.3 Å². The van der Waals surface area contributed by atoms with Gasteiger partial charge >= 0.3 is 5.97 Å². The van der Waals surface area contributed by atoms with Gasteiger partial charge in [0.1, 0.15) is 10.6 Å². The predicted molar refractivity (Wildman–Crippen MR) is 107 cm³/mol. The minimum Gasteiger partial charge on any atom is -0.478 e. The Morgan fingerprint density at radius 2 is 1.50 bits per heavy atom. The zero-order chi connectivity index (χ0) is 18.9. The first-order valence-electron chi connectivity index (χ1n) is 7.31. The number of fused-ring (bicyclic) bond motifs is 1. The molecule has 0 amide bonds. The molecule has 0 spiro atoms. The van der Waals surface area contributed by atoms with Gasteiger partial charge in [-0.3, -0.25) is 4.55 Å². The van der Waals surface area contributed by atoms with Crippen LogP contribution in [-0.4, -0.2) is 83.2 Å². The van der Waals surface area contributed by atoms with Crippen LogP contribution in [0.1, 0.15) is 10.4 Å². The Hall–Kier alpha value is -1.30. The van der Waals surface area contributed by atoms with Crippen LogP contribution in [0.3, 0.4) is 0 Å². The third-order valence-electron chi connectivity index (χ3n) is 3.69. The molecule has 134 valence electrons. The summed E-state index contributed by atoms with van der Waals surface area (Å²) in [5.74, 6) is -1.06. The van der Waals surface area contributed by atoms with Crippen molar-refractivity contribution < 1.29 is 22.9 Å². The molecule has 0 aromatic heterocycles. The number of rotatable bonds is 4. The van der Waals surface area contributed by atoms with E-state index in [0.29, 0.717) is 11.1 Å². The first-order chi connectivity index (χ1) is 12.3. The fourth-order valence-corrected chi connectivity index (χ4v) is 3.15. The molecule has 0 saturated heterocycles. The van der Waals surface area contributed by atoms with Gasteiger partial charge in [0, 0.05) is 69.9 Å². The zero-order valence-corrected chi connectivity index (χ0v) is 20.0. The summed E-state index contributed by atoms with van der Waals surface area (Å²) in [7, 11) is -4.49. The molecule has 0 heterocycles. The average molecular weight is 417 g/mol. The van der Waals surface area contributed by atoms with E-state index >= 15 is 0 Å². The number of carboxylic acids is 1. The Labute approximate surface area is 205 Å². The normalized spacial score (nSPS) is 11.0. The number of hydrogen-bond acceptors (Lipinski definition) is 6. The molecule has 0 unspecified atom stereocenters. The number of carbonyl (C=O) groups is 1. The van der Waals surface area contributed by atoms with E-state index in [-0.39, 0.29) is 86.3 Å². The molecule has 28 heavy (non-hydrogen) atoms. The molecule has 8 nitrogen and oxygen atoms in total. The van der Waals surface area contributed by atoms with Gasteiger partial charge in [-0.25, -0.2) is 4.79 Å². The van der Waals surface area contributed by atoms with Crippen molar-refractivity contribution in [1.29, 1.82) is 0 Å². The van der Waals surface area contributed by atoms with E-state index in [1.807, 2.05) is 0 Å². The van der Waals surface area contributed by atoms with Crippen LogP contribution >= 0.6 is 0 Å². The molecule has 0 fully saturated rings. The van der Waals surface area contributed by atoms with E-state index < -0.39 is 16.1 Å². The number of hydrogen-bond donors (Lipinski definition) is 3. The third-order valence-corrected chi connectivity index (χ3v) is 4.59. The maximum Gasteiger partial charge on any atom is 0.335 e. The molecule has 11 heteroatoms. The number of aromatic carboxylic acids is 1. The molecule has 0 aliphatic rings. The third kappa shape index (κ3) is 5.40. The second kappa shape index (κ2) is 9.95.